The number of anilines is 1. The highest BCUT2D eigenvalue weighted by Gasteiger charge is 2.32. The Morgan fingerprint density at radius 1 is 0.840 bits per heavy atom. The molecule has 3 aromatic rings. The fourth-order valence-corrected chi connectivity index (χ4v) is 3.20. The van der Waals surface area contributed by atoms with Gasteiger partial charge in [-0.2, -0.15) is 0 Å². The number of benzene rings is 3. The predicted octanol–water partition coefficient (Wildman–Crippen LogP) is 5.85. The maximum atomic E-state index is 12.5. The van der Waals surface area contributed by atoms with Gasteiger partial charge in [0.05, 0.1) is 0 Å². The lowest BCUT2D eigenvalue weighted by atomic mass is 10.1. The van der Waals surface area contributed by atoms with Gasteiger partial charge in [0.15, 0.2) is 2.14 Å². The van der Waals surface area contributed by atoms with Gasteiger partial charge in [0.2, 0.25) is 0 Å². The summed E-state index contributed by atoms with van der Waals surface area (Å²) in [5.41, 5.74) is 1.53. The Labute approximate surface area is 171 Å². The zero-order chi connectivity index (χ0) is 17.9. The molecule has 0 aliphatic heterocycles. The number of nitrogens with one attached hydrogen (secondary N) is 2. The quantitative estimate of drug-likeness (QED) is 0.331. The Hall–Kier alpha value is -1.37. The Balaban J connectivity index is 1.88. The molecule has 3 nitrogen and oxygen atoms in total. The summed E-state index contributed by atoms with van der Waals surface area (Å²) in [6, 6.07) is 23.3. The third kappa shape index (κ3) is 4.63. The van der Waals surface area contributed by atoms with E-state index in [1.807, 2.05) is 48.5 Å². The highest BCUT2D eigenvalue weighted by atomic mass is 80.0. The fraction of sp³-hybridized carbons (Fsp3) is 0.105. The van der Waals surface area contributed by atoms with Crippen LogP contribution in [0.5, 0.6) is 0 Å². The topological polar surface area (TPSA) is 41.1 Å². The number of carbonyl (C=O) groups excluding carboxylic acids is 1. The van der Waals surface area contributed by atoms with Gasteiger partial charge in [-0.3, -0.25) is 4.79 Å². The van der Waals surface area contributed by atoms with Crippen molar-refractivity contribution in [2.75, 3.05) is 5.32 Å². The van der Waals surface area contributed by atoms with E-state index in [0.717, 1.165) is 16.5 Å². The van der Waals surface area contributed by atoms with Gasteiger partial charge in [0, 0.05) is 16.6 Å². The van der Waals surface area contributed by atoms with Crippen LogP contribution >= 0.6 is 47.8 Å². The SMILES string of the molecule is O=C(NC(Nc1cccc2ccccc12)C(Br)(Br)Br)c1ccccc1. The van der Waals surface area contributed by atoms with Gasteiger partial charge in [-0.1, -0.05) is 102 Å². The number of amides is 1. The van der Waals surface area contributed by atoms with Crippen molar-refractivity contribution in [1.82, 2.24) is 5.32 Å². The standard InChI is InChI=1S/C19H15Br3N2O/c20-19(21,22)18(24-17(25)14-8-2-1-3-9-14)23-16-12-6-10-13-7-4-5-11-15(13)16/h1-12,18,23H,(H,24,25). The van der Waals surface area contributed by atoms with Crippen LogP contribution in [0, 0.1) is 0 Å². The first-order valence-electron chi connectivity index (χ1n) is 7.62. The van der Waals surface area contributed by atoms with Crippen LogP contribution in [0.25, 0.3) is 10.8 Å². The van der Waals surface area contributed by atoms with Crippen LogP contribution in [0.15, 0.2) is 72.8 Å². The second kappa shape index (κ2) is 7.89. The van der Waals surface area contributed by atoms with Crippen molar-refractivity contribution in [3.05, 3.63) is 78.4 Å². The summed E-state index contributed by atoms with van der Waals surface area (Å²) >= 11 is 10.6. The first-order valence-corrected chi connectivity index (χ1v) is 10.00. The first-order chi connectivity index (χ1) is 11.9. The minimum absolute atomic E-state index is 0.166. The molecule has 0 bridgehead atoms. The average molecular weight is 527 g/mol. The summed E-state index contributed by atoms with van der Waals surface area (Å²) in [6.45, 7) is 0. The van der Waals surface area contributed by atoms with Gasteiger partial charge in [-0.05, 0) is 23.6 Å². The molecule has 128 valence electrons. The minimum Gasteiger partial charge on any atom is -0.362 e. The molecule has 0 saturated carbocycles. The second-order valence-corrected chi connectivity index (χ2v) is 12.4. The Kier molecular flexibility index (Phi) is 5.81. The summed E-state index contributed by atoms with van der Waals surface area (Å²) < 4.78 is -0.714. The smallest absolute Gasteiger partial charge is 0.252 e. The number of rotatable bonds is 4. The van der Waals surface area contributed by atoms with Crippen molar-refractivity contribution in [2.24, 2.45) is 0 Å². The van der Waals surface area contributed by atoms with Crippen molar-refractivity contribution in [3.63, 3.8) is 0 Å². The number of halogens is 3. The number of hydrogen-bond donors (Lipinski definition) is 2. The highest BCUT2D eigenvalue weighted by molar-refractivity contribution is 9.39. The average Bonchev–Trinajstić information content (AvgIpc) is 2.61. The molecule has 0 spiro atoms. The predicted molar refractivity (Wildman–Crippen MR) is 115 cm³/mol. The van der Waals surface area contributed by atoms with E-state index in [1.54, 1.807) is 12.1 Å². The molecule has 0 aromatic heterocycles. The molecule has 1 atom stereocenters. The zero-order valence-corrected chi connectivity index (χ0v) is 17.8. The molecule has 3 aromatic carbocycles. The third-order valence-electron chi connectivity index (χ3n) is 3.73. The molecule has 6 heteroatoms. The van der Waals surface area contributed by atoms with Crippen molar-refractivity contribution in [3.8, 4) is 0 Å². The van der Waals surface area contributed by atoms with Crippen molar-refractivity contribution in [1.29, 1.82) is 0 Å². The molecule has 0 aliphatic carbocycles. The summed E-state index contributed by atoms with van der Waals surface area (Å²) in [4.78, 5) is 12.5. The molecule has 0 fully saturated rings. The second-order valence-electron chi connectivity index (χ2n) is 5.49. The third-order valence-corrected chi connectivity index (χ3v) is 5.10. The van der Waals surface area contributed by atoms with E-state index in [2.05, 4.69) is 70.6 Å². The molecule has 25 heavy (non-hydrogen) atoms. The molecule has 0 saturated heterocycles. The van der Waals surface area contributed by atoms with Gasteiger partial charge in [-0.15, -0.1) is 0 Å². The molecule has 0 heterocycles. The van der Waals surface area contributed by atoms with E-state index in [0.29, 0.717) is 5.56 Å². The van der Waals surface area contributed by atoms with Crippen molar-refractivity contribution >= 4 is 70.2 Å². The summed E-state index contributed by atoms with van der Waals surface area (Å²) in [5.74, 6) is -0.166. The summed E-state index contributed by atoms with van der Waals surface area (Å²) in [7, 11) is 0. The van der Waals surface area contributed by atoms with Crippen LogP contribution in [0.2, 0.25) is 0 Å². The molecule has 3 rings (SSSR count). The highest BCUT2D eigenvalue weighted by Crippen LogP contribution is 2.38. The molecule has 1 amide bonds. The van der Waals surface area contributed by atoms with E-state index in [9.17, 15) is 4.79 Å². The molecule has 0 radical (unpaired) electrons. The minimum atomic E-state index is -0.714. The maximum Gasteiger partial charge on any atom is 0.252 e. The molecule has 0 aliphatic rings. The molecule has 2 N–H and O–H groups in total. The van der Waals surface area contributed by atoms with Crippen LogP contribution in [0.4, 0.5) is 5.69 Å². The van der Waals surface area contributed by atoms with E-state index >= 15 is 0 Å². The van der Waals surface area contributed by atoms with E-state index in [-0.39, 0.29) is 5.91 Å². The Morgan fingerprint density at radius 3 is 2.20 bits per heavy atom. The Bertz CT molecular complexity index is 873. The van der Waals surface area contributed by atoms with Gasteiger partial charge in [-0.25, -0.2) is 0 Å². The monoisotopic (exact) mass is 524 g/mol. The largest absolute Gasteiger partial charge is 0.362 e. The van der Waals surface area contributed by atoms with Gasteiger partial charge >= 0.3 is 0 Å². The Morgan fingerprint density at radius 2 is 1.48 bits per heavy atom. The van der Waals surface area contributed by atoms with Crippen molar-refractivity contribution in [2.45, 2.75) is 8.31 Å². The molecule has 1 unspecified atom stereocenters. The van der Waals surface area contributed by atoms with Crippen LogP contribution < -0.4 is 10.6 Å². The number of carbonyl (C=O) groups is 1. The normalized spacial score (nSPS) is 12.6. The van der Waals surface area contributed by atoms with Crippen LogP contribution in [0.1, 0.15) is 10.4 Å². The lowest BCUT2D eigenvalue weighted by Gasteiger charge is -2.29. The van der Waals surface area contributed by atoms with Crippen molar-refractivity contribution < 1.29 is 4.79 Å². The number of fused-ring (bicyclic) bond motifs is 1. The van der Waals surface area contributed by atoms with Crippen LogP contribution in [-0.4, -0.2) is 14.2 Å². The van der Waals surface area contributed by atoms with E-state index < -0.39 is 8.31 Å². The fourth-order valence-electron chi connectivity index (χ4n) is 2.51. The number of hydrogen-bond acceptors (Lipinski definition) is 2. The van der Waals surface area contributed by atoms with Gasteiger partial charge in [0.1, 0.15) is 6.17 Å². The van der Waals surface area contributed by atoms with E-state index in [1.165, 1.54) is 0 Å². The summed E-state index contributed by atoms with van der Waals surface area (Å²) in [6.07, 6.45) is -0.453. The summed E-state index contributed by atoms with van der Waals surface area (Å²) in [5, 5.41) is 8.60. The van der Waals surface area contributed by atoms with Crippen LogP contribution in [-0.2, 0) is 0 Å². The lowest BCUT2D eigenvalue weighted by molar-refractivity contribution is 0.0943. The maximum absolute atomic E-state index is 12.5. The molecular weight excluding hydrogens is 512 g/mol. The van der Waals surface area contributed by atoms with Gasteiger partial charge in [0.25, 0.3) is 5.91 Å². The first kappa shape index (κ1) is 18.4. The van der Waals surface area contributed by atoms with Crippen LogP contribution in [0.3, 0.4) is 0 Å². The lowest BCUT2D eigenvalue weighted by Crippen LogP contribution is -2.48. The zero-order valence-electron chi connectivity index (χ0n) is 13.0. The van der Waals surface area contributed by atoms with Gasteiger partial charge < -0.3 is 10.6 Å². The van der Waals surface area contributed by atoms with E-state index in [4.69, 9.17) is 0 Å². The molecular formula is C19H15Br3N2O. The number of alkyl halides is 3.